The number of ether oxygens (including phenoxy) is 1. The first-order valence-corrected chi connectivity index (χ1v) is 7.10. The monoisotopic (exact) mass is 288 g/mol. The molecule has 1 saturated carbocycles. The summed E-state index contributed by atoms with van der Waals surface area (Å²) >= 11 is 0. The Kier molecular flexibility index (Phi) is 7.98. The lowest BCUT2D eigenvalue weighted by atomic mass is 9.94. The number of aliphatic hydroxyl groups excluding tert-OH is 1. The van der Waals surface area contributed by atoms with Crippen LogP contribution in [0.25, 0.3) is 0 Å². The third-order valence-electron chi connectivity index (χ3n) is 3.37. The van der Waals surface area contributed by atoms with Crippen molar-refractivity contribution in [2.45, 2.75) is 38.1 Å². The maximum absolute atomic E-state index is 12.1. The number of hydrogen-bond acceptors (Lipinski definition) is 4. The van der Waals surface area contributed by atoms with Crippen molar-refractivity contribution in [1.29, 1.82) is 0 Å². The number of aliphatic carboxylic acids is 1. The van der Waals surface area contributed by atoms with Crippen molar-refractivity contribution < 1.29 is 24.5 Å². The summed E-state index contributed by atoms with van der Waals surface area (Å²) in [4.78, 5) is 24.0. The van der Waals surface area contributed by atoms with E-state index in [9.17, 15) is 9.59 Å². The van der Waals surface area contributed by atoms with Gasteiger partial charge < -0.3 is 25.2 Å². The highest BCUT2D eigenvalue weighted by molar-refractivity contribution is 5.74. The molecule has 1 aliphatic rings. The maximum atomic E-state index is 12.1. The lowest BCUT2D eigenvalue weighted by molar-refractivity contribution is -0.142. The third kappa shape index (κ3) is 6.21. The SMILES string of the molecule is O=C(O)COCCNC(=O)N(CCO)C1CCCCC1. The minimum absolute atomic E-state index is 0.0561. The summed E-state index contributed by atoms with van der Waals surface area (Å²) in [5, 5.41) is 20.2. The van der Waals surface area contributed by atoms with Gasteiger partial charge in [0.15, 0.2) is 0 Å². The van der Waals surface area contributed by atoms with Crippen molar-refractivity contribution in [3.8, 4) is 0 Å². The molecule has 0 radical (unpaired) electrons. The number of urea groups is 1. The molecule has 1 rings (SSSR count). The van der Waals surface area contributed by atoms with Gasteiger partial charge in [0.05, 0.1) is 13.2 Å². The molecule has 0 atom stereocenters. The molecule has 0 aliphatic heterocycles. The fourth-order valence-corrected chi connectivity index (χ4v) is 2.44. The molecule has 7 heteroatoms. The van der Waals surface area contributed by atoms with Crippen LogP contribution in [0, 0.1) is 0 Å². The number of hydrogen-bond donors (Lipinski definition) is 3. The van der Waals surface area contributed by atoms with E-state index in [1.54, 1.807) is 4.90 Å². The van der Waals surface area contributed by atoms with Crippen LogP contribution in [0.15, 0.2) is 0 Å². The largest absolute Gasteiger partial charge is 0.480 e. The van der Waals surface area contributed by atoms with Crippen LogP contribution in [0.1, 0.15) is 32.1 Å². The molecule has 3 N–H and O–H groups in total. The Bertz CT molecular complexity index is 305. The van der Waals surface area contributed by atoms with Gasteiger partial charge >= 0.3 is 12.0 Å². The molecule has 2 amide bonds. The summed E-state index contributed by atoms with van der Waals surface area (Å²) in [6, 6.07) is -0.0271. The number of amides is 2. The van der Waals surface area contributed by atoms with E-state index in [-0.39, 0.29) is 38.4 Å². The number of carbonyl (C=O) groups excluding carboxylic acids is 1. The first-order chi connectivity index (χ1) is 9.65. The van der Waals surface area contributed by atoms with Gasteiger partial charge in [0.1, 0.15) is 6.61 Å². The van der Waals surface area contributed by atoms with Crippen LogP contribution in [0.2, 0.25) is 0 Å². The van der Waals surface area contributed by atoms with Gasteiger partial charge in [-0.05, 0) is 12.8 Å². The molecule has 1 fully saturated rings. The van der Waals surface area contributed by atoms with Gasteiger partial charge in [-0.25, -0.2) is 9.59 Å². The Hall–Kier alpha value is -1.34. The van der Waals surface area contributed by atoms with Crippen LogP contribution in [0.4, 0.5) is 4.79 Å². The summed E-state index contributed by atoms with van der Waals surface area (Å²) in [6.45, 7) is 0.335. The van der Waals surface area contributed by atoms with Crippen molar-refractivity contribution in [2.24, 2.45) is 0 Å². The molecular weight excluding hydrogens is 264 g/mol. The molecule has 0 heterocycles. The van der Waals surface area contributed by atoms with Crippen LogP contribution in [0.5, 0.6) is 0 Å². The summed E-state index contributed by atoms with van der Waals surface area (Å²) < 4.78 is 4.85. The van der Waals surface area contributed by atoms with Gasteiger partial charge in [0.2, 0.25) is 0 Å². The predicted octanol–water partition coefficient (Wildman–Crippen LogP) is 0.424. The van der Waals surface area contributed by atoms with E-state index >= 15 is 0 Å². The molecule has 0 aromatic heterocycles. The lowest BCUT2D eigenvalue weighted by Crippen LogP contribution is -2.48. The van der Waals surface area contributed by atoms with Crippen molar-refractivity contribution in [1.82, 2.24) is 10.2 Å². The Labute approximate surface area is 118 Å². The van der Waals surface area contributed by atoms with Gasteiger partial charge in [-0.3, -0.25) is 0 Å². The fraction of sp³-hybridized carbons (Fsp3) is 0.846. The Morgan fingerprint density at radius 3 is 2.55 bits per heavy atom. The quantitative estimate of drug-likeness (QED) is 0.562. The molecule has 0 unspecified atom stereocenters. The second-order valence-electron chi connectivity index (χ2n) is 4.89. The Balaban J connectivity index is 2.30. The molecule has 20 heavy (non-hydrogen) atoms. The highest BCUT2D eigenvalue weighted by Gasteiger charge is 2.24. The molecule has 0 aromatic carbocycles. The highest BCUT2D eigenvalue weighted by Crippen LogP contribution is 2.22. The number of carbonyl (C=O) groups is 2. The lowest BCUT2D eigenvalue weighted by Gasteiger charge is -2.34. The number of aliphatic hydroxyl groups is 1. The smallest absolute Gasteiger partial charge is 0.329 e. The van der Waals surface area contributed by atoms with Crippen molar-refractivity contribution in [2.75, 3.05) is 32.9 Å². The predicted molar refractivity (Wildman–Crippen MR) is 72.5 cm³/mol. The van der Waals surface area contributed by atoms with Gasteiger partial charge in [-0.1, -0.05) is 19.3 Å². The molecule has 7 nitrogen and oxygen atoms in total. The number of nitrogens with zero attached hydrogens (tertiary/aromatic N) is 1. The first-order valence-electron chi connectivity index (χ1n) is 7.10. The molecule has 0 spiro atoms. The minimum Gasteiger partial charge on any atom is -0.480 e. The van der Waals surface area contributed by atoms with Gasteiger partial charge in [0, 0.05) is 19.1 Å². The van der Waals surface area contributed by atoms with Crippen LogP contribution < -0.4 is 5.32 Å². The average Bonchev–Trinajstić information content (AvgIpc) is 2.44. The maximum Gasteiger partial charge on any atom is 0.329 e. The van der Waals surface area contributed by atoms with E-state index in [1.807, 2.05) is 0 Å². The van der Waals surface area contributed by atoms with E-state index in [4.69, 9.17) is 14.9 Å². The topological polar surface area (TPSA) is 99.1 Å². The molecule has 0 bridgehead atoms. The standard InChI is InChI=1S/C13H24N2O5/c16-8-7-15(11-4-2-1-3-5-11)13(19)14-6-9-20-10-12(17)18/h11,16H,1-10H2,(H,14,19)(H,17,18). The highest BCUT2D eigenvalue weighted by atomic mass is 16.5. The van der Waals surface area contributed by atoms with Gasteiger partial charge in [-0.2, -0.15) is 0 Å². The summed E-state index contributed by atoms with van der Waals surface area (Å²) in [7, 11) is 0. The van der Waals surface area contributed by atoms with E-state index in [0.29, 0.717) is 6.54 Å². The zero-order valence-electron chi connectivity index (χ0n) is 11.7. The third-order valence-corrected chi connectivity index (χ3v) is 3.37. The summed E-state index contributed by atoms with van der Waals surface area (Å²) in [5.74, 6) is -1.03. The molecule has 0 saturated heterocycles. The Morgan fingerprint density at radius 2 is 1.95 bits per heavy atom. The van der Waals surface area contributed by atoms with Crippen molar-refractivity contribution in [3.05, 3.63) is 0 Å². The van der Waals surface area contributed by atoms with Crippen molar-refractivity contribution in [3.63, 3.8) is 0 Å². The number of nitrogens with one attached hydrogen (secondary N) is 1. The van der Waals surface area contributed by atoms with Crippen molar-refractivity contribution >= 4 is 12.0 Å². The van der Waals surface area contributed by atoms with Gasteiger partial charge in [-0.15, -0.1) is 0 Å². The van der Waals surface area contributed by atoms with Crippen LogP contribution >= 0.6 is 0 Å². The fourth-order valence-electron chi connectivity index (χ4n) is 2.44. The zero-order chi connectivity index (χ0) is 14.8. The zero-order valence-corrected chi connectivity index (χ0v) is 11.7. The molecule has 1 aliphatic carbocycles. The number of carboxylic acid groups (broad SMARTS) is 1. The van der Waals surface area contributed by atoms with E-state index < -0.39 is 5.97 Å². The molecular formula is C13H24N2O5. The summed E-state index contributed by atoms with van der Waals surface area (Å²) in [5.41, 5.74) is 0. The van der Waals surface area contributed by atoms with E-state index in [2.05, 4.69) is 5.32 Å². The normalized spacial score (nSPS) is 15.8. The molecule has 0 aromatic rings. The van der Waals surface area contributed by atoms with Crippen LogP contribution in [-0.4, -0.2) is 66.1 Å². The second-order valence-corrected chi connectivity index (χ2v) is 4.89. The van der Waals surface area contributed by atoms with Crippen LogP contribution in [0.3, 0.4) is 0 Å². The first kappa shape index (κ1) is 16.7. The molecule has 116 valence electrons. The van der Waals surface area contributed by atoms with E-state index in [0.717, 1.165) is 25.7 Å². The van der Waals surface area contributed by atoms with Gasteiger partial charge in [0.25, 0.3) is 0 Å². The number of carboxylic acids is 1. The minimum atomic E-state index is -1.03. The van der Waals surface area contributed by atoms with Crippen LogP contribution in [-0.2, 0) is 9.53 Å². The second kappa shape index (κ2) is 9.55. The van der Waals surface area contributed by atoms with E-state index in [1.165, 1.54) is 6.42 Å². The number of rotatable bonds is 8. The Morgan fingerprint density at radius 1 is 1.25 bits per heavy atom. The summed E-state index contributed by atoms with van der Waals surface area (Å²) in [6.07, 6.45) is 5.38. The average molecular weight is 288 g/mol.